The van der Waals surface area contributed by atoms with Gasteiger partial charge in [0.15, 0.2) is 0 Å². The number of hydrogen-bond acceptors (Lipinski definition) is 3. The van der Waals surface area contributed by atoms with Gasteiger partial charge in [0.1, 0.15) is 17.0 Å². The van der Waals surface area contributed by atoms with Gasteiger partial charge < -0.3 is 9.84 Å². The molecule has 0 aliphatic heterocycles. The van der Waals surface area contributed by atoms with E-state index in [4.69, 9.17) is 27.7 Å². The summed E-state index contributed by atoms with van der Waals surface area (Å²) >= 11 is 15.9. The highest BCUT2D eigenvalue weighted by molar-refractivity contribution is 9.10. The predicted molar refractivity (Wildman–Crippen MR) is 104 cm³/mol. The van der Waals surface area contributed by atoms with Crippen molar-refractivity contribution in [2.24, 2.45) is 0 Å². The molecule has 1 heterocycles. The Morgan fingerprint density at radius 2 is 1.84 bits per heavy atom. The first-order chi connectivity index (χ1) is 11.9. The first-order valence-corrected chi connectivity index (χ1v) is 8.91. The van der Waals surface area contributed by atoms with Crippen molar-refractivity contribution in [2.45, 2.75) is 13.8 Å². The monoisotopic (exact) mass is 438 g/mol. The second kappa shape index (κ2) is 7.20. The molecule has 0 aliphatic carbocycles. The Bertz CT molecular complexity index is 949. The molecule has 1 aromatic heterocycles. The molecule has 4 nitrogen and oxygen atoms in total. The van der Waals surface area contributed by atoms with Gasteiger partial charge in [0.05, 0.1) is 15.7 Å². The van der Waals surface area contributed by atoms with Crippen LogP contribution in [0.2, 0.25) is 10.0 Å². The van der Waals surface area contributed by atoms with Crippen molar-refractivity contribution in [2.75, 3.05) is 5.32 Å². The van der Waals surface area contributed by atoms with Gasteiger partial charge in [-0.1, -0.05) is 40.5 Å². The van der Waals surface area contributed by atoms with Gasteiger partial charge in [0, 0.05) is 10.0 Å². The molecular weight excluding hydrogens is 427 g/mol. The van der Waals surface area contributed by atoms with E-state index in [1.807, 2.05) is 25.1 Å². The van der Waals surface area contributed by atoms with Gasteiger partial charge in [0.25, 0.3) is 5.91 Å². The summed E-state index contributed by atoms with van der Waals surface area (Å²) in [6, 6.07) is 10.7. The van der Waals surface area contributed by atoms with E-state index in [1.54, 1.807) is 25.1 Å². The number of carbonyl (C=O) groups excluding carboxylic acids is 1. The lowest BCUT2D eigenvalue weighted by Gasteiger charge is -2.09. The topological polar surface area (TPSA) is 55.1 Å². The molecule has 2 aromatic carbocycles. The number of aryl methyl sites for hydroxylation is 2. The smallest absolute Gasteiger partial charge is 0.261 e. The lowest BCUT2D eigenvalue weighted by Crippen LogP contribution is -2.14. The van der Waals surface area contributed by atoms with Crippen LogP contribution in [-0.4, -0.2) is 11.1 Å². The molecule has 7 heteroatoms. The Morgan fingerprint density at radius 3 is 2.48 bits per heavy atom. The van der Waals surface area contributed by atoms with E-state index < -0.39 is 0 Å². The van der Waals surface area contributed by atoms with Gasteiger partial charge in [-0.25, -0.2) is 0 Å². The van der Waals surface area contributed by atoms with Gasteiger partial charge in [-0.2, -0.15) is 0 Å². The van der Waals surface area contributed by atoms with Crippen LogP contribution in [0.3, 0.4) is 0 Å². The van der Waals surface area contributed by atoms with Crippen molar-refractivity contribution in [1.82, 2.24) is 5.16 Å². The molecule has 0 fully saturated rings. The number of hydrogen-bond donors (Lipinski definition) is 1. The minimum Gasteiger partial charge on any atom is -0.360 e. The zero-order valence-electron chi connectivity index (χ0n) is 13.4. The minimum atomic E-state index is -0.353. The van der Waals surface area contributed by atoms with Crippen LogP contribution in [0.4, 0.5) is 5.69 Å². The third-order valence-corrected chi connectivity index (χ3v) is 4.95. The minimum absolute atomic E-state index is 0.294. The van der Waals surface area contributed by atoms with Gasteiger partial charge in [-0.3, -0.25) is 4.79 Å². The molecule has 25 heavy (non-hydrogen) atoms. The van der Waals surface area contributed by atoms with Crippen LogP contribution < -0.4 is 5.32 Å². The van der Waals surface area contributed by atoms with E-state index >= 15 is 0 Å². The number of carbonyl (C=O) groups is 1. The molecule has 0 spiro atoms. The number of benzene rings is 2. The Hall–Kier alpha value is -1.82. The van der Waals surface area contributed by atoms with Crippen molar-refractivity contribution in [1.29, 1.82) is 0 Å². The molecule has 0 unspecified atom stereocenters. The molecule has 1 N–H and O–H groups in total. The maximum atomic E-state index is 12.8. The Labute approximate surface area is 163 Å². The Balaban J connectivity index is 2.03. The fraction of sp³-hybridized carbons (Fsp3) is 0.111. The molecule has 128 valence electrons. The van der Waals surface area contributed by atoms with E-state index in [9.17, 15) is 4.79 Å². The summed E-state index contributed by atoms with van der Waals surface area (Å²) < 4.78 is 6.01. The largest absolute Gasteiger partial charge is 0.360 e. The van der Waals surface area contributed by atoms with Crippen molar-refractivity contribution >= 4 is 50.7 Å². The Morgan fingerprint density at radius 1 is 1.16 bits per heavy atom. The maximum absolute atomic E-state index is 12.8. The zero-order valence-corrected chi connectivity index (χ0v) is 16.5. The first-order valence-electron chi connectivity index (χ1n) is 7.36. The SMILES string of the molecule is Cc1ccc(NC(=O)c2c(-c3c(Cl)cccc3Cl)noc2C)c(Br)c1. The summed E-state index contributed by atoms with van der Waals surface area (Å²) in [4.78, 5) is 12.8. The van der Waals surface area contributed by atoms with Crippen LogP contribution in [0.5, 0.6) is 0 Å². The summed E-state index contributed by atoms with van der Waals surface area (Å²) in [5.74, 6) is 0.0287. The molecule has 0 saturated carbocycles. The number of amides is 1. The molecule has 3 rings (SSSR count). The van der Waals surface area contributed by atoms with E-state index in [2.05, 4.69) is 26.4 Å². The van der Waals surface area contributed by atoms with E-state index in [0.717, 1.165) is 10.0 Å². The Kier molecular flexibility index (Phi) is 5.18. The van der Waals surface area contributed by atoms with Crippen molar-refractivity contribution < 1.29 is 9.32 Å². The third kappa shape index (κ3) is 3.59. The number of rotatable bonds is 3. The van der Waals surface area contributed by atoms with Crippen LogP contribution in [0.15, 0.2) is 45.4 Å². The average Bonchev–Trinajstić information content (AvgIpc) is 2.91. The lowest BCUT2D eigenvalue weighted by molar-refractivity contribution is 0.102. The van der Waals surface area contributed by atoms with Gasteiger partial charge in [-0.05, 0) is 59.6 Å². The molecular formula is C18H13BrCl2N2O2. The number of halogens is 3. The molecule has 3 aromatic rings. The highest BCUT2D eigenvalue weighted by Gasteiger charge is 2.25. The highest BCUT2D eigenvalue weighted by Crippen LogP contribution is 2.37. The van der Waals surface area contributed by atoms with Gasteiger partial charge in [-0.15, -0.1) is 0 Å². The van der Waals surface area contributed by atoms with Crippen LogP contribution in [-0.2, 0) is 0 Å². The highest BCUT2D eigenvalue weighted by atomic mass is 79.9. The quantitative estimate of drug-likeness (QED) is 0.522. The second-order valence-corrected chi connectivity index (χ2v) is 7.17. The molecule has 0 radical (unpaired) electrons. The van der Waals surface area contributed by atoms with E-state index in [-0.39, 0.29) is 5.91 Å². The fourth-order valence-electron chi connectivity index (χ4n) is 2.44. The fourth-order valence-corrected chi connectivity index (χ4v) is 3.61. The van der Waals surface area contributed by atoms with Gasteiger partial charge in [0.2, 0.25) is 0 Å². The predicted octanol–water partition coefficient (Wildman–Crippen LogP) is 6.28. The van der Waals surface area contributed by atoms with Crippen molar-refractivity contribution in [3.05, 3.63) is 67.8 Å². The normalized spacial score (nSPS) is 10.8. The van der Waals surface area contributed by atoms with Gasteiger partial charge >= 0.3 is 0 Å². The number of anilines is 1. The van der Waals surface area contributed by atoms with E-state index in [0.29, 0.717) is 38.3 Å². The average molecular weight is 440 g/mol. The summed E-state index contributed by atoms with van der Waals surface area (Å²) in [5, 5.41) is 7.64. The molecule has 0 aliphatic rings. The zero-order chi connectivity index (χ0) is 18.1. The third-order valence-electron chi connectivity index (χ3n) is 3.66. The van der Waals surface area contributed by atoms with Crippen LogP contribution in [0, 0.1) is 13.8 Å². The maximum Gasteiger partial charge on any atom is 0.261 e. The molecule has 0 bridgehead atoms. The number of nitrogens with one attached hydrogen (secondary N) is 1. The first kappa shape index (κ1) is 18.0. The molecule has 0 atom stereocenters. The molecule has 0 saturated heterocycles. The van der Waals surface area contributed by atoms with Crippen LogP contribution in [0.1, 0.15) is 21.7 Å². The number of aromatic nitrogens is 1. The summed E-state index contributed by atoms with van der Waals surface area (Å²) in [7, 11) is 0. The second-order valence-electron chi connectivity index (χ2n) is 5.50. The summed E-state index contributed by atoms with van der Waals surface area (Å²) in [6.45, 7) is 3.64. The van der Waals surface area contributed by atoms with Crippen LogP contribution >= 0.6 is 39.1 Å². The van der Waals surface area contributed by atoms with E-state index in [1.165, 1.54) is 0 Å². The summed E-state index contributed by atoms with van der Waals surface area (Å²) in [5.41, 5.74) is 2.80. The summed E-state index contributed by atoms with van der Waals surface area (Å²) in [6.07, 6.45) is 0. The number of nitrogens with zero attached hydrogens (tertiary/aromatic N) is 1. The van der Waals surface area contributed by atoms with Crippen molar-refractivity contribution in [3.63, 3.8) is 0 Å². The lowest BCUT2D eigenvalue weighted by atomic mass is 10.1. The van der Waals surface area contributed by atoms with Crippen molar-refractivity contribution in [3.8, 4) is 11.3 Å². The molecule has 1 amide bonds. The standard InChI is InChI=1S/C18H13BrCl2N2O2/c1-9-6-7-14(11(19)8-9)22-18(24)15-10(2)25-23-17(15)16-12(20)4-3-5-13(16)21/h3-8H,1-2H3,(H,22,24). The van der Waals surface area contributed by atoms with Crippen LogP contribution in [0.25, 0.3) is 11.3 Å².